The molecule has 0 N–H and O–H groups in total. The van der Waals surface area contributed by atoms with Crippen LogP contribution in [0.2, 0.25) is 0 Å². The summed E-state index contributed by atoms with van der Waals surface area (Å²) in [6.45, 7) is 0. The van der Waals surface area contributed by atoms with Gasteiger partial charge in [0, 0.05) is 0 Å². The highest BCUT2D eigenvalue weighted by atomic mass is 19.2. The van der Waals surface area contributed by atoms with Crippen LogP contribution in [0.1, 0.15) is 88.5 Å². The highest BCUT2D eigenvalue weighted by molar-refractivity contribution is 5.22. The van der Waals surface area contributed by atoms with Gasteiger partial charge in [-0.05, 0) is 92.7 Å². The molecule has 0 aromatic heterocycles. The Morgan fingerprint density at radius 2 is 1.48 bits per heavy atom. The van der Waals surface area contributed by atoms with E-state index < -0.39 is 11.6 Å². The van der Waals surface area contributed by atoms with E-state index in [4.69, 9.17) is 0 Å². The highest BCUT2D eigenvalue weighted by Gasteiger charge is 2.31. The van der Waals surface area contributed by atoms with Gasteiger partial charge in [-0.15, -0.1) is 0 Å². The molecule has 2 fully saturated rings. The molecule has 0 aliphatic heterocycles. The molecular formula is C24H33F3. The van der Waals surface area contributed by atoms with Crippen LogP contribution < -0.4 is 0 Å². The van der Waals surface area contributed by atoms with Crippen molar-refractivity contribution >= 4 is 0 Å². The Balaban J connectivity index is 1.37. The van der Waals surface area contributed by atoms with Crippen LogP contribution in [0.15, 0.2) is 30.6 Å². The normalized spacial score (nSPS) is 29.3. The van der Waals surface area contributed by atoms with Crippen LogP contribution in [0.3, 0.4) is 0 Å². The molecular weight excluding hydrogens is 345 g/mol. The number of unbranched alkanes of at least 4 members (excludes halogenated alkanes) is 2. The molecule has 0 atom stereocenters. The Bertz CT molecular complexity index is 594. The first kappa shape index (κ1) is 20.5. The zero-order chi connectivity index (χ0) is 19.1. The number of benzene rings is 1. The van der Waals surface area contributed by atoms with Crippen molar-refractivity contribution in [3.8, 4) is 0 Å². The van der Waals surface area contributed by atoms with Crippen LogP contribution in [0.4, 0.5) is 13.2 Å². The predicted octanol–water partition coefficient (Wildman–Crippen LogP) is 8.09. The summed E-state index contributed by atoms with van der Waals surface area (Å²) in [7, 11) is 0. The molecule has 3 rings (SSSR count). The standard InChI is InChI=1S/C24H33F3/c25-16-4-2-1-3-5-18-6-8-19(9-7-18)20-10-12-21(13-11-20)22-14-15-23(26)24(27)17-22/h4,14-21H,1-3,5-13H2. The first-order valence-corrected chi connectivity index (χ1v) is 10.9. The highest BCUT2D eigenvalue weighted by Crippen LogP contribution is 2.44. The van der Waals surface area contributed by atoms with Crippen LogP contribution in [-0.2, 0) is 0 Å². The van der Waals surface area contributed by atoms with E-state index in [0.29, 0.717) is 12.2 Å². The van der Waals surface area contributed by atoms with Gasteiger partial charge in [0.05, 0.1) is 6.33 Å². The zero-order valence-corrected chi connectivity index (χ0v) is 16.3. The van der Waals surface area contributed by atoms with Crippen molar-refractivity contribution in [2.75, 3.05) is 0 Å². The minimum Gasteiger partial charge on any atom is -0.216 e. The Labute approximate surface area is 162 Å². The molecule has 0 amide bonds. The Morgan fingerprint density at radius 3 is 2.11 bits per heavy atom. The van der Waals surface area contributed by atoms with Crippen molar-refractivity contribution in [3.05, 3.63) is 47.8 Å². The fourth-order valence-electron chi connectivity index (χ4n) is 5.40. The fraction of sp³-hybridized carbons (Fsp3) is 0.667. The van der Waals surface area contributed by atoms with Gasteiger partial charge < -0.3 is 0 Å². The molecule has 0 heterocycles. The molecule has 0 spiro atoms. The number of hydrogen-bond donors (Lipinski definition) is 0. The van der Waals surface area contributed by atoms with Crippen molar-refractivity contribution in [3.63, 3.8) is 0 Å². The molecule has 0 saturated heterocycles. The van der Waals surface area contributed by atoms with Crippen molar-refractivity contribution < 1.29 is 13.2 Å². The summed E-state index contributed by atoms with van der Waals surface area (Å²) in [5.41, 5.74) is 0.971. The van der Waals surface area contributed by atoms with E-state index in [-0.39, 0.29) is 0 Å². The number of rotatable bonds is 7. The second kappa shape index (κ2) is 10.3. The smallest absolute Gasteiger partial charge is 0.159 e. The van der Waals surface area contributed by atoms with Gasteiger partial charge >= 0.3 is 0 Å². The van der Waals surface area contributed by atoms with E-state index in [9.17, 15) is 13.2 Å². The molecule has 27 heavy (non-hydrogen) atoms. The van der Waals surface area contributed by atoms with Crippen molar-refractivity contribution in [1.29, 1.82) is 0 Å². The summed E-state index contributed by atoms with van der Waals surface area (Å²) in [5.74, 6) is 1.49. The van der Waals surface area contributed by atoms with E-state index in [2.05, 4.69) is 0 Å². The van der Waals surface area contributed by atoms with Crippen molar-refractivity contribution in [1.82, 2.24) is 0 Å². The van der Waals surface area contributed by atoms with Crippen LogP contribution >= 0.6 is 0 Å². The lowest BCUT2D eigenvalue weighted by Gasteiger charge is -2.38. The molecule has 2 aliphatic rings. The molecule has 0 bridgehead atoms. The molecule has 150 valence electrons. The molecule has 0 unspecified atom stereocenters. The SMILES string of the molecule is FC=CCCCCC1CCC(C2CCC(c3ccc(F)c(F)c3)CC2)CC1. The predicted molar refractivity (Wildman–Crippen MR) is 105 cm³/mol. The first-order chi connectivity index (χ1) is 13.2. The lowest BCUT2D eigenvalue weighted by Crippen LogP contribution is -2.25. The minimum absolute atomic E-state index is 0.394. The van der Waals surface area contributed by atoms with Crippen LogP contribution in [0, 0.1) is 29.4 Å². The third-order valence-corrected chi connectivity index (χ3v) is 7.07. The fourth-order valence-corrected chi connectivity index (χ4v) is 5.40. The second-order valence-corrected chi connectivity index (χ2v) is 8.71. The molecule has 2 saturated carbocycles. The Hall–Kier alpha value is -1.25. The third kappa shape index (κ3) is 5.86. The van der Waals surface area contributed by atoms with Crippen molar-refractivity contribution in [2.24, 2.45) is 17.8 Å². The summed E-state index contributed by atoms with van der Waals surface area (Å²) < 4.78 is 38.6. The summed E-state index contributed by atoms with van der Waals surface area (Å²) in [6.07, 6.45) is 16.9. The van der Waals surface area contributed by atoms with E-state index >= 15 is 0 Å². The van der Waals surface area contributed by atoms with Gasteiger partial charge in [-0.2, -0.15) is 0 Å². The van der Waals surface area contributed by atoms with Gasteiger partial charge in [-0.25, -0.2) is 13.2 Å². The molecule has 1 aromatic rings. The van der Waals surface area contributed by atoms with Gasteiger partial charge in [0.15, 0.2) is 11.6 Å². The van der Waals surface area contributed by atoms with Crippen molar-refractivity contribution in [2.45, 2.75) is 83.0 Å². The average Bonchev–Trinajstić information content (AvgIpc) is 2.71. The molecule has 3 heteroatoms. The van der Waals surface area contributed by atoms with Gasteiger partial charge in [0.25, 0.3) is 0 Å². The van der Waals surface area contributed by atoms with E-state index in [1.54, 1.807) is 12.1 Å². The van der Waals surface area contributed by atoms with Crippen LogP contribution in [0.5, 0.6) is 0 Å². The van der Waals surface area contributed by atoms with Crippen LogP contribution in [-0.4, -0.2) is 0 Å². The zero-order valence-electron chi connectivity index (χ0n) is 16.3. The van der Waals surface area contributed by atoms with Gasteiger partial charge in [0.2, 0.25) is 0 Å². The largest absolute Gasteiger partial charge is 0.216 e. The maximum Gasteiger partial charge on any atom is 0.159 e. The lowest BCUT2D eigenvalue weighted by molar-refractivity contribution is 0.155. The summed E-state index contributed by atoms with van der Waals surface area (Å²) in [5, 5.41) is 0. The summed E-state index contributed by atoms with van der Waals surface area (Å²) >= 11 is 0. The molecule has 2 aliphatic carbocycles. The molecule has 0 nitrogen and oxygen atoms in total. The van der Waals surface area contributed by atoms with E-state index in [0.717, 1.165) is 49.0 Å². The van der Waals surface area contributed by atoms with E-state index in [1.807, 2.05) is 0 Å². The summed E-state index contributed by atoms with van der Waals surface area (Å²) in [4.78, 5) is 0. The number of hydrogen-bond acceptors (Lipinski definition) is 0. The van der Waals surface area contributed by atoms with Gasteiger partial charge in [-0.1, -0.05) is 37.8 Å². The maximum absolute atomic E-state index is 13.5. The minimum atomic E-state index is -0.747. The Kier molecular flexibility index (Phi) is 7.84. The van der Waals surface area contributed by atoms with E-state index in [1.165, 1.54) is 63.5 Å². The monoisotopic (exact) mass is 378 g/mol. The maximum atomic E-state index is 13.5. The van der Waals surface area contributed by atoms with Gasteiger partial charge in [-0.3, -0.25) is 0 Å². The number of halogens is 3. The van der Waals surface area contributed by atoms with Crippen LogP contribution in [0.25, 0.3) is 0 Å². The summed E-state index contributed by atoms with van der Waals surface area (Å²) in [6, 6.07) is 4.43. The second-order valence-electron chi connectivity index (χ2n) is 8.71. The topological polar surface area (TPSA) is 0 Å². The lowest BCUT2D eigenvalue weighted by atomic mass is 9.68. The van der Waals surface area contributed by atoms with Gasteiger partial charge in [0.1, 0.15) is 0 Å². The molecule has 1 aromatic carbocycles. The quantitative estimate of drug-likeness (QED) is 0.421. The first-order valence-electron chi connectivity index (χ1n) is 10.9. The third-order valence-electron chi connectivity index (χ3n) is 7.07. The molecule has 0 radical (unpaired) electrons. The number of allylic oxidation sites excluding steroid dienone is 1. The Morgan fingerprint density at radius 1 is 0.815 bits per heavy atom. The average molecular weight is 379 g/mol.